The first-order chi connectivity index (χ1) is 9.22. The van der Waals surface area contributed by atoms with Gasteiger partial charge in [0.1, 0.15) is 5.75 Å². The zero-order valence-electron chi connectivity index (χ0n) is 11.6. The SMILES string of the molecule is COc1cc(C#N)ccc1NC(C)CC1CCCN1. The van der Waals surface area contributed by atoms with Crippen LogP contribution in [0.1, 0.15) is 31.7 Å². The Morgan fingerprint density at radius 3 is 3.05 bits per heavy atom. The van der Waals surface area contributed by atoms with Crippen molar-refractivity contribution in [2.24, 2.45) is 0 Å². The molecule has 19 heavy (non-hydrogen) atoms. The number of methoxy groups -OCH3 is 1. The highest BCUT2D eigenvalue weighted by atomic mass is 16.5. The molecule has 1 heterocycles. The predicted octanol–water partition coefficient (Wildman–Crippen LogP) is 2.51. The van der Waals surface area contributed by atoms with Crippen LogP contribution < -0.4 is 15.4 Å². The maximum absolute atomic E-state index is 8.89. The Kier molecular flexibility index (Phi) is 4.64. The van der Waals surface area contributed by atoms with Crippen LogP contribution in [0.4, 0.5) is 5.69 Å². The Hall–Kier alpha value is -1.73. The van der Waals surface area contributed by atoms with Crippen LogP contribution in [0.2, 0.25) is 0 Å². The highest BCUT2D eigenvalue weighted by Gasteiger charge is 2.17. The lowest BCUT2D eigenvalue weighted by molar-refractivity contribution is 0.415. The average molecular weight is 259 g/mol. The van der Waals surface area contributed by atoms with Gasteiger partial charge in [-0.05, 0) is 44.9 Å². The molecule has 0 radical (unpaired) electrons. The van der Waals surface area contributed by atoms with Gasteiger partial charge < -0.3 is 15.4 Å². The van der Waals surface area contributed by atoms with Crippen molar-refractivity contribution in [3.63, 3.8) is 0 Å². The minimum Gasteiger partial charge on any atom is -0.495 e. The Morgan fingerprint density at radius 2 is 2.42 bits per heavy atom. The molecule has 102 valence electrons. The molecule has 1 fully saturated rings. The summed E-state index contributed by atoms with van der Waals surface area (Å²) >= 11 is 0. The lowest BCUT2D eigenvalue weighted by Crippen LogP contribution is -2.29. The smallest absolute Gasteiger partial charge is 0.143 e. The molecular weight excluding hydrogens is 238 g/mol. The van der Waals surface area contributed by atoms with Gasteiger partial charge in [-0.3, -0.25) is 0 Å². The van der Waals surface area contributed by atoms with Crippen LogP contribution in [0.15, 0.2) is 18.2 Å². The summed E-state index contributed by atoms with van der Waals surface area (Å²) in [5, 5.41) is 15.9. The van der Waals surface area contributed by atoms with Crippen molar-refractivity contribution in [2.75, 3.05) is 19.0 Å². The summed E-state index contributed by atoms with van der Waals surface area (Å²) in [5.74, 6) is 0.727. The Morgan fingerprint density at radius 1 is 1.58 bits per heavy atom. The normalized spacial score (nSPS) is 19.7. The Bertz CT molecular complexity index is 461. The molecule has 0 saturated carbocycles. The van der Waals surface area contributed by atoms with Gasteiger partial charge in [-0.1, -0.05) is 0 Å². The van der Waals surface area contributed by atoms with Gasteiger partial charge in [0.05, 0.1) is 24.4 Å². The van der Waals surface area contributed by atoms with Crippen molar-refractivity contribution >= 4 is 5.69 Å². The zero-order chi connectivity index (χ0) is 13.7. The van der Waals surface area contributed by atoms with Crippen LogP contribution in [0, 0.1) is 11.3 Å². The molecule has 0 bridgehead atoms. The Labute approximate surface area is 114 Å². The van der Waals surface area contributed by atoms with Crippen LogP contribution in [-0.4, -0.2) is 25.7 Å². The van der Waals surface area contributed by atoms with E-state index in [9.17, 15) is 0 Å². The third-order valence-electron chi connectivity index (χ3n) is 3.53. The quantitative estimate of drug-likeness (QED) is 0.853. The summed E-state index contributed by atoms with van der Waals surface area (Å²) in [6.07, 6.45) is 3.64. The summed E-state index contributed by atoms with van der Waals surface area (Å²) < 4.78 is 5.33. The lowest BCUT2D eigenvalue weighted by atomic mass is 10.1. The number of anilines is 1. The van der Waals surface area contributed by atoms with E-state index in [2.05, 4.69) is 23.6 Å². The van der Waals surface area contributed by atoms with Gasteiger partial charge in [0.2, 0.25) is 0 Å². The van der Waals surface area contributed by atoms with Crippen molar-refractivity contribution in [1.29, 1.82) is 5.26 Å². The van der Waals surface area contributed by atoms with Crippen LogP contribution in [0.3, 0.4) is 0 Å². The molecule has 0 aliphatic carbocycles. The van der Waals surface area contributed by atoms with Crippen LogP contribution >= 0.6 is 0 Å². The van der Waals surface area contributed by atoms with Gasteiger partial charge in [0.15, 0.2) is 0 Å². The predicted molar refractivity (Wildman–Crippen MR) is 76.4 cm³/mol. The maximum atomic E-state index is 8.89. The van der Waals surface area contributed by atoms with E-state index in [-0.39, 0.29) is 0 Å². The number of nitriles is 1. The number of benzene rings is 1. The molecule has 2 unspecified atom stereocenters. The largest absolute Gasteiger partial charge is 0.495 e. The highest BCUT2D eigenvalue weighted by molar-refractivity contribution is 5.59. The lowest BCUT2D eigenvalue weighted by Gasteiger charge is -2.20. The van der Waals surface area contributed by atoms with E-state index in [1.807, 2.05) is 12.1 Å². The summed E-state index contributed by atoms with van der Waals surface area (Å²) in [4.78, 5) is 0. The number of ether oxygens (including phenoxy) is 1. The molecule has 1 aromatic rings. The number of hydrogen-bond donors (Lipinski definition) is 2. The first-order valence-corrected chi connectivity index (χ1v) is 6.81. The number of nitrogens with one attached hydrogen (secondary N) is 2. The molecule has 1 aliphatic heterocycles. The molecule has 0 aromatic heterocycles. The van der Waals surface area contributed by atoms with Gasteiger partial charge >= 0.3 is 0 Å². The van der Waals surface area contributed by atoms with E-state index in [0.717, 1.165) is 24.4 Å². The third-order valence-corrected chi connectivity index (χ3v) is 3.53. The van der Waals surface area contributed by atoms with E-state index in [1.54, 1.807) is 13.2 Å². The topological polar surface area (TPSA) is 57.1 Å². The first kappa shape index (κ1) is 13.7. The van der Waals surface area contributed by atoms with Crippen LogP contribution in [-0.2, 0) is 0 Å². The molecule has 2 rings (SSSR count). The van der Waals surface area contributed by atoms with E-state index >= 15 is 0 Å². The summed E-state index contributed by atoms with van der Waals surface area (Å²) in [6.45, 7) is 3.31. The van der Waals surface area contributed by atoms with Crippen molar-refractivity contribution in [2.45, 2.75) is 38.3 Å². The molecule has 1 saturated heterocycles. The second-order valence-corrected chi connectivity index (χ2v) is 5.10. The third kappa shape index (κ3) is 3.62. The van der Waals surface area contributed by atoms with E-state index in [4.69, 9.17) is 10.00 Å². The van der Waals surface area contributed by atoms with E-state index in [0.29, 0.717) is 17.6 Å². The minimum absolute atomic E-state index is 0.373. The van der Waals surface area contributed by atoms with Gasteiger partial charge in [-0.15, -0.1) is 0 Å². The molecule has 2 N–H and O–H groups in total. The maximum Gasteiger partial charge on any atom is 0.143 e. The van der Waals surface area contributed by atoms with Crippen molar-refractivity contribution in [3.8, 4) is 11.8 Å². The average Bonchev–Trinajstić information content (AvgIpc) is 2.91. The molecule has 4 heteroatoms. The highest BCUT2D eigenvalue weighted by Crippen LogP contribution is 2.26. The monoisotopic (exact) mass is 259 g/mol. The van der Waals surface area contributed by atoms with Gasteiger partial charge in [0.25, 0.3) is 0 Å². The fraction of sp³-hybridized carbons (Fsp3) is 0.533. The molecule has 1 aliphatic rings. The zero-order valence-corrected chi connectivity index (χ0v) is 11.6. The van der Waals surface area contributed by atoms with Crippen molar-refractivity contribution < 1.29 is 4.74 Å². The summed E-state index contributed by atoms with van der Waals surface area (Å²) in [5.41, 5.74) is 1.57. The molecule has 0 amide bonds. The second kappa shape index (κ2) is 6.44. The standard InChI is InChI=1S/C15H21N3O/c1-11(8-13-4-3-7-17-13)18-14-6-5-12(10-16)9-15(14)19-2/h5-6,9,11,13,17-18H,3-4,7-8H2,1-2H3. The van der Waals surface area contributed by atoms with Gasteiger partial charge in [-0.25, -0.2) is 0 Å². The minimum atomic E-state index is 0.373. The first-order valence-electron chi connectivity index (χ1n) is 6.81. The van der Waals surface area contributed by atoms with Crippen LogP contribution in [0.25, 0.3) is 0 Å². The fourth-order valence-corrected chi connectivity index (χ4v) is 2.59. The van der Waals surface area contributed by atoms with Gasteiger partial charge in [-0.2, -0.15) is 5.26 Å². The molecule has 4 nitrogen and oxygen atoms in total. The summed E-state index contributed by atoms with van der Waals surface area (Å²) in [6, 6.07) is 8.60. The van der Waals surface area contributed by atoms with E-state index in [1.165, 1.54) is 12.8 Å². The van der Waals surface area contributed by atoms with Crippen molar-refractivity contribution in [3.05, 3.63) is 23.8 Å². The molecule has 0 spiro atoms. The molecular formula is C15H21N3O. The molecule has 2 atom stereocenters. The van der Waals surface area contributed by atoms with Crippen LogP contribution in [0.5, 0.6) is 5.75 Å². The second-order valence-electron chi connectivity index (χ2n) is 5.10. The molecule has 1 aromatic carbocycles. The van der Waals surface area contributed by atoms with Gasteiger partial charge in [0, 0.05) is 18.2 Å². The Balaban J connectivity index is 1.99. The summed E-state index contributed by atoms with van der Waals surface area (Å²) in [7, 11) is 1.63. The number of rotatable bonds is 5. The number of nitrogens with zero attached hydrogens (tertiary/aromatic N) is 1. The fourth-order valence-electron chi connectivity index (χ4n) is 2.59. The van der Waals surface area contributed by atoms with Crippen molar-refractivity contribution in [1.82, 2.24) is 5.32 Å². The van der Waals surface area contributed by atoms with E-state index < -0.39 is 0 Å². The number of hydrogen-bond acceptors (Lipinski definition) is 4.